The average Bonchev–Trinajstić information content (AvgIpc) is 3.37. The highest BCUT2D eigenvalue weighted by atomic mass is 19.1. The van der Waals surface area contributed by atoms with Crippen LogP contribution in [-0.2, 0) is 11.4 Å². The summed E-state index contributed by atoms with van der Waals surface area (Å²) in [5, 5.41) is 16.0. The molecule has 0 saturated heterocycles. The van der Waals surface area contributed by atoms with Gasteiger partial charge in [0.1, 0.15) is 5.82 Å². The molecule has 1 aliphatic rings. The van der Waals surface area contributed by atoms with Gasteiger partial charge in [0.05, 0.1) is 23.6 Å². The summed E-state index contributed by atoms with van der Waals surface area (Å²) >= 11 is 0. The number of carbonyl (C=O) groups is 3. The van der Waals surface area contributed by atoms with Gasteiger partial charge in [0.15, 0.2) is 0 Å². The summed E-state index contributed by atoms with van der Waals surface area (Å²) in [5.74, 6) is -1.84. The van der Waals surface area contributed by atoms with Gasteiger partial charge in [-0.2, -0.15) is 0 Å². The first-order valence-corrected chi connectivity index (χ1v) is 9.27. The number of hydrogen-bond donors (Lipinski definition) is 5. The minimum absolute atomic E-state index is 0.168. The number of aliphatic hydroxyl groups excluding tert-OH is 1. The van der Waals surface area contributed by atoms with E-state index in [4.69, 9.17) is 5.11 Å². The van der Waals surface area contributed by atoms with Crippen LogP contribution >= 0.6 is 0 Å². The summed E-state index contributed by atoms with van der Waals surface area (Å²) in [7, 11) is 0. The van der Waals surface area contributed by atoms with Crippen LogP contribution in [0.15, 0.2) is 54.7 Å². The molecule has 0 aliphatic carbocycles. The lowest BCUT2D eigenvalue weighted by molar-refractivity contribution is -0.110. The smallest absolute Gasteiger partial charge is 0.326 e. The molecular weight excluding hydrogens is 403 g/mol. The quantitative estimate of drug-likeness (QED) is 0.416. The predicted molar refractivity (Wildman–Crippen MR) is 113 cm³/mol. The largest absolute Gasteiger partial charge is 0.392 e. The lowest BCUT2D eigenvalue weighted by atomic mass is 10.1. The number of H-pyrrole nitrogens is 1. The van der Waals surface area contributed by atoms with Gasteiger partial charge in [-0.05, 0) is 48.0 Å². The Labute approximate surface area is 175 Å². The standard InChI is InChI=1S/C22H17FN4O4/c23-17-9-15-16(8-14-2-1-7-24-14)21(30)25-18(15)10-19(17)26-22(31)27-20(29)13-5-3-12(11-28)4-6-13/h1-10,24,28H,11H2,(H,25,30)(H2,26,27,29,31). The summed E-state index contributed by atoms with van der Waals surface area (Å²) in [5.41, 5.74) is 2.30. The summed E-state index contributed by atoms with van der Waals surface area (Å²) in [6.07, 6.45) is 3.30. The highest BCUT2D eigenvalue weighted by Crippen LogP contribution is 2.36. The van der Waals surface area contributed by atoms with Crippen molar-refractivity contribution in [2.24, 2.45) is 0 Å². The van der Waals surface area contributed by atoms with Crippen molar-refractivity contribution in [3.63, 3.8) is 0 Å². The lowest BCUT2D eigenvalue weighted by Gasteiger charge is -2.10. The third-order valence-corrected chi connectivity index (χ3v) is 4.69. The number of benzene rings is 2. The summed E-state index contributed by atoms with van der Waals surface area (Å²) in [6.45, 7) is -0.168. The van der Waals surface area contributed by atoms with Gasteiger partial charge in [-0.1, -0.05) is 12.1 Å². The first-order chi connectivity index (χ1) is 14.9. The third-order valence-electron chi connectivity index (χ3n) is 4.69. The number of imide groups is 1. The highest BCUT2D eigenvalue weighted by molar-refractivity contribution is 6.35. The van der Waals surface area contributed by atoms with Crippen LogP contribution in [0.4, 0.5) is 20.6 Å². The Morgan fingerprint density at radius 2 is 1.90 bits per heavy atom. The maximum atomic E-state index is 14.6. The Balaban J connectivity index is 1.49. The van der Waals surface area contributed by atoms with E-state index in [1.807, 2.05) is 0 Å². The van der Waals surface area contributed by atoms with Crippen LogP contribution in [-0.4, -0.2) is 27.9 Å². The van der Waals surface area contributed by atoms with Crippen molar-refractivity contribution < 1.29 is 23.9 Å². The first-order valence-electron chi connectivity index (χ1n) is 9.27. The fraction of sp³-hybridized carbons (Fsp3) is 0.0455. The van der Waals surface area contributed by atoms with E-state index in [0.29, 0.717) is 22.5 Å². The Hall–Kier alpha value is -4.24. The number of carbonyl (C=O) groups excluding carboxylic acids is 3. The van der Waals surface area contributed by atoms with Crippen LogP contribution in [0, 0.1) is 5.82 Å². The molecule has 9 heteroatoms. The van der Waals surface area contributed by atoms with Gasteiger partial charge in [-0.15, -0.1) is 0 Å². The monoisotopic (exact) mass is 420 g/mol. The molecule has 2 aromatic carbocycles. The van der Waals surface area contributed by atoms with E-state index in [2.05, 4.69) is 20.9 Å². The second-order valence-corrected chi connectivity index (χ2v) is 6.78. The molecule has 0 radical (unpaired) electrons. The number of halogens is 1. The van der Waals surface area contributed by atoms with Crippen molar-refractivity contribution in [3.05, 3.63) is 82.9 Å². The molecule has 0 fully saturated rings. The normalized spacial score (nSPS) is 13.6. The zero-order valence-corrected chi connectivity index (χ0v) is 16.0. The molecule has 5 N–H and O–H groups in total. The SMILES string of the molecule is O=C(NC(=O)c1ccc(CO)cc1)Nc1cc2c(cc1F)C(=Cc1ccc[nH]1)C(=O)N2. The van der Waals surface area contributed by atoms with Crippen LogP contribution in [0.5, 0.6) is 0 Å². The fourth-order valence-corrected chi connectivity index (χ4v) is 3.13. The van der Waals surface area contributed by atoms with Gasteiger partial charge in [0.25, 0.3) is 11.8 Å². The number of anilines is 2. The van der Waals surface area contributed by atoms with Gasteiger partial charge in [0, 0.05) is 23.0 Å². The van der Waals surface area contributed by atoms with E-state index in [1.54, 1.807) is 36.5 Å². The van der Waals surface area contributed by atoms with Crippen molar-refractivity contribution in [3.8, 4) is 0 Å². The number of aliphatic hydroxyl groups is 1. The number of aromatic nitrogens is 1. The number of hydrogen-bond acceptors (Lipinski definition) is 4. The first kappa shape index (κ1) is 20.0. The van der Waals surface area contributed by atoms with Gasteiger partial charge < -0.3 is 20.7 Å². The molecule has 156 valence electrons. The van der Waals surface area contributed by atoms with E-state index in [0.717, 1.165) is 6.07 Å². The molecule has 0 saturated carbocycles. The van der Waals surface area contributed by atoms with E-state index in [9.17, 15) is 18.8 Å². The van der Waals surface area contributed by atoms with Gasteiger partial charge in [-0.25, -0.2) is 9.18 Å². The van der Waals surface area contributed by atoms with Crippen molar-refractivity contribution in [2.75, 3.05) is 10.6 Å². The zero-order chi connectivity index (χ0) is 22.0. The lowest BCUT2D eigenvalue weighted by Crippen LogP contribution is -2.34. The molecule has 3 aromatic rings. The highest BCUT2D eigenvalue weighted by Gasteiger charge is 2.26. The zero-order valence-electron chi connectivity index (χ0n) is 16.0. The maximum absolute atomic E-state index is 14.6. The number of amides is 4. The summed E-state index contributed by atoms with van der Waals surface area (Å²) in [4.78, 5) is 39.5. The molecule has 4 rings (SSSR count). The number of rotatable bonds is 4. The third kappa shape index (κ3) is 4.21. The van der Waals surface area contributed by atoms with Crippen LogP contribution in [0.3, 0.4) is 0 Å². The van der Waals surface area contributed by atoms with Crippen molar-refractivity contribution in [1.82, 2.24) is 10.3 Å². The molecule has 0 atom stereocenters. The van der Waals surface area contributed by atoms with Crippen molar-refractivity contribution in [1.29, 1.82) is 0 Å². The van der Waals surface area contributed by atoms with Crippen LogP contribution in [0.1, 0.15) is 27.2 Å². The minimum Gasteiger partial charge on any atom is -0.392 e. The van der Waals surface area contributed by atoms with Gasteiger partial charge >= 0.3 is 6.03 Å². The van der Waals surface area contributed by atoms with Crippen LogP contribution in [0.2, 0.25) is 0 Å². The van der Waals surface area contributed by atoms with Crippen LogP contribution in [0.25, 0.3) is 11.6 Å². The molecule has 31 heavy (non-hydrogen) atoms. The summed E-state index contributed by atoms with van der Waals surface area (Å²) in [6, 6.07) is 11.1. The van der Waals surface area contributed by atoms with Crippen molar-refractivity contribution >= 4 is 40.9 Å². The molecule has 0 bridgehead atoms. The number of nitrogens with one attached hydrogen (secondary N) is 4. The average molecular weight is 420 g/mol. The summed E-state index contributed by atoms with van der Waals surface area (Å²) < 4.78 is 14.6. The molecular formula is C22H17FN4O4. The molecule has 0 spiro atoms. The number of fused-ring (bicyclic) bond motifs is 1. The molecule has 2 heterocycles. The Bertz CT molecular complexity index is 1200. The van der Waals surface area contributed by atoms with Crippen LogP contribution < -0.4 is 16.0 Å². The molecule has 8 nitrogen and oxygen atoms in total. The van der Waals surface area contributed by atoms with E-state index >= 15 is 0 Å². The van der Waals surface area contributed by atoms with E-state index in [-0.39, 0.29) is 23.4 Å². The Morgan fingerprint density at radius 3 is 2.58 bits per heavy atom. The van der Waals surface area contributed by atoms with E-state index in [1.165, 1.54) is 18.2 Å². The molecule has 1 aliphatic heterocycles. The Kier molecular flexibility index (Phi) is 5.33. The fourth-order valence-electron chi connectivity index (χ4n) is 3.13. The van der Waals surface area contributed by atoms with E-state index < -0.39 is 23.7 Å². The maximum Gasteiger partial charge on any atom is 0.326 e. The second-order valence-electron chi connectivity index (χ2n) is 6.78. The number of aromatic amines is 1. The molecule has 4 amide bonds. The molecule has 0 unspecified atom stereocenters. The second kappa shape index (κ2) is 8.25. The van der Waals surface area contributed by atoms with Gasteiger partial charge in [-0.3, -0.25) is 14.9 Å². The molecule has 1 aromatic heterocycles. The van der Waals surface area contributed by atoms with Gasteiger partial charge in [0.2, 0.25) is 0 Å². The predicted octanol–water partition coefficient (Wildman–Crippen LogP) is 3.10. The minimum atomic E-state index is -0.929. The number of urea groups is 1. The van der Waals surface area contributed by atoms with Crippen molar-refractivity contribution in [2.45, 2.75) is 6.61 Å². The Morgan fingerprint density at radius 1 is 1.13 bits per heavy atom. The topological polar surface area (TPSA) is 123 Å².